The van der Waals surface area contributed by atoms with Crippen LogP contribution >= 0.6 is 11.3 Å². The second-order valence-corrected chi connectivity index (χ2v) is 8.14. The van der Waals surface area contributed by atoms with Gasteiger partial charge in [0.25, 0.3) is 5.91 Å². The molecule has 4 aromatic rings. The number of anilines is 1. The summed E-state index contributed by atoms with van der Waals surface area (Å²) in [5.41, 5.74) is 3.04. The molecule has 0 spiro atoms. The van der Waals surface area contributed by atoms with Crippen molar-refractivity contribution in [2.45, 2.75) is 19.4 Å². The zero-order valence-corrected chi connectivity index (χ0v) is 17.7. The Hall–Kier alpha value is -3.71. The third kappa shape index (κ3) is 4.73. The minimum absolute atomic E-state index is 0.0432. The SMILES string of the molecule is CC(=O)c1ccc(NC(=O)[C@@H](Cc2c[nH]c3ccccc23)NC(=O)c2cccs2)cc1. The average Bonchev–Trinajstić information content (AvgIpc) is 3.44. The van der Waals surface area contributed by atoms with Crippen molar-refractivity contribution in [3.63, 3.8) is 0 Å². The fourth-order valence-electron chi connectivity index (χ4n) is 3.38. The molecule has 0 fully saturated rings. The Kier molecular flexibility index (Phi) is 5.95. The predicted octanol–water partition coefficient (Wildman–Crippen LogP) is 4.41. The van der Waals surface area contributed by atoms with Gasteiger partial charge in [-0.1, -0.05) is 24.3 Å². The lowest BCUT2D eigenvalue weighted by Gasteiger charge is -2.18. The number of nitrogens with one attached hydrogen (secondary N) is 3. The second kappa shape index (κ2) is 8.97. The van der Waals surface area contributed by atoms with Crippen LogP contribution in [0.1, 0.15) is 32.5 Å². The molecule has 0 aliphatic heterocycles. The molecule has 1 atom stereocenters. The minimum atomic E-state index is -0.777. The van der Waals surface area contributed by atoms with Crippen LogP contribution < -0.4 is 10.6 Å². The highest BCUT2D eigenvalue weighted by atomic mass is 32.1. The summed E-state index contributed by atoms with van der Waals surface area (Å²) in [6, 6.07) is 17.3. The standard InChI is InChI=1S/C24H21N3O3S/c1-15(28)16-8-10-18(11-9-16)26-23(29)21(27-24(30)22-7-4-12-31-22)13-17-14-25-20-6-3-2-5-19(17)20/h2-12,14,21,25H,13H2,1H3,(H,26,29)(H,27,30)/t21-/m1/s1. The molecule has 2 aromatic carbocycles. The van der Waals surface area contributed by atoms with Gasteiger partial charge in [-0.3, -0.25) is 14.4 Å². The molecule has 4 rings (SSSR count). The van der Waals surface area contributed by atoms with E-state index < -0.39 is 6.04 Å². The molecule has 0 saturated heterocycles. The summed E-state index contributed by atoms with van der Waals surface area (Å²) in [5, 5.41) is 8.54. The van der Waals surface area contributed by atoms with Crippen LogP contribution in [0.25, 0.3) is 10.9 Å². The van der Waals surface area contributed by atoms with Crippen LogP contribution in [0.4, 0.5) is 5.69 Å². The Labute approximate surface area is 183 Å². The molecule has 0 aliphatic rings. The highest BCUT2D eigenvalue weighted by Gasteiger charge is 2.24. The summed E-state index contributed by atoms with van der Waals surface area (Å²) in [5.74, 6) is -0.661. The van der Waals surface area contributed by atoms with Gasteiger partial charge in [0.2, 0.25) is 5.91 Å². The molecule has 6 nitrogen and oxygen atoms in total. The van der Waals surface area contributed by atoms with E-state index in [-0.39, 0.29) is 17.6 Å². The predicted molar refractivity (Wildman–Crippen MR) is 123 cm³/mol. The van der Waals surface area contributed by atoms with Crippen LogP contribution in [-0.4, -0.2) is 28.6 Å². The lowest BCUT2D eigenvalue weighted by molar-refractivity contribution is -0.118. The van der Waals surface area contributed by atoms with E-state index in [4.69, 9.17) is 0 Å². The molecule has 156 valence electrons. The summed E-state index contributed by atoms with van der Waals surface area (Å²) >= 11 is 1.32. The van der Waals surface area contributed by atoms with E-state index in [9.17, 15) is 14.4 Å². The first-order valence-electron chi connectivity index (χ1n) is 9.82. The summed E-state index contributed by atoms with van der Waals surface area (Å²) in [4.78, 5) is 41.0. The number of para-hydroxylation sites is 1. The smallest absolute Gasteiger partial charge is 0.262 e. The molecule has 31 heavy (non-hydrogen) atoms. The van der Waals surface area contributed by atoms with E-state index in [1.807, 2.05) is 35.8 Å². The van der Waals surface area contributed by atoms with Crippen LogP contribution in [0.15, 0.2) is 72.2 Å². The topological polar surface area (TPSA) is 91.1 Å². The third-order valence-corrected chi connectivity index (χ3v) is 5.89. The Balaban J connectivity index is 1.57. The number of hydrogen-bond acceptors (Lipinski definition) is 4. The molecule has 2 amide bonds. The zero-order chi connectivity index (χ0) is 21.8. The van der Waals surface area contributed by atoms with Crippen molar-refractivity contribution in [1.82, 2.24) is 10.3 Å². The van der Waals surface area contributed by atoms with Gasteiger partial charge < -0.3 is 15.6 Å². The number of Topliss-reactive ketones (excluding diaryl/α,β-unsaturated/α-hetero) is 1. The molecule has 2 aromatic heterocycles. The fourth-order valence-corrected chi connectivity index (χ4v) is 4.01. The lowest BCUT2D eigenvalue weighted by atomic mass is 10.0. The highest BCUT2D eigenvalue weighted by Crippen LogP contribution is 2.20. The van der Waals surface area contributed by atoms with Crippen molar-refractivity contribution in [2.75, 3.05) is 5.32 Å². The first kappa shape index (κ1) is 20.6. The van der Waals surface area contributed by atoms with Crippen molar-refractivity contribution in [2.24, 2.45) is 0 Å². The van der Waals surface area contributed by atoms with Gasteiger partial charge in [0, 0.05) is 34.8 Å². The molecular formula is C24H21N3O3S. The fraction of sp³-hybridized carbons (Fsp3) is 0.125. The van der Waals surface area contributed by atoms with Gasteiger partial charge in [-0.15, -0.1) is 11.3 Å². The Morgan fingerprint density at radius 2 is 1.77 bits per heavy atom. The number of ketones is 1. The Morgan fingerprint density at radius 1 is 1.00 bits per heavy atom. The lowest BCUT2D eigenvalue weighted by Crippen LogP contribution is -2.45. The number of carbonyl (C=O) groups excluding carboxylic acids is 3. The van der Waals surface area contributed by atoms with E-state index in [2.05, 4.69) is 15.6 Å². The van der Waals surface area contributed by atoms with Gasteiger partial charge in [0.05, 0.1) is 4.88 Å². The van der Waals surface area contributed by atoms with Gasteiger partial charge in [-0.05, 0) is 54.3 Å². The summed E-state index contributed by atoms with van der Waals surface area (Å²) in [7, 11) is 0. The van der Waals surface area contributed by atoms with Gasteiger partial charge in [-0.25, -0.2) is 0 Å². The van der Waals surface area contributed by atoms with Crippen LogP contribution in [0.3, 0.4) is 0 Å². The second-order valence-electron chi connectivity index (χ2n) is 7.19. The zero-order valence-electron chi connectivity index (χ0n) is 16.8. The summed E-state index contributed by atoms with van der Waals surface area (Å²) in [6.07, 6.45) is 2.20. The molecule has 0 radical (unpaired) electrons. The van der Waals surface area contributed by atoms with E-state index in [0.717, 1.165) is 16.5 Å². The number of carbonyl (C=O) groups is 3. The van der Waals surface area contributed by atoms with Gasteiger partial charge >= 0.3 is 0 Å². The van der Waals surface area contributed by atoms with Crippen LogP contribution in [0.2, 0.25) is 0 Å². The van der Waals surface area contributed by atoms with Crippen molar-refractivity contribution < 1.29 is 14.4 Å². The first-order valence-corrected chi connectivity index (χ1v) is 10.7. The number of thiophene rings is 1. The Morgan fingerprint density at radius 3 is 2.48 bits per heavy atom. The number of hydrogen-bond donors (Lipinski definition) is 3. The molecule has 0 aliphatic carbocycles. The number of aromatic amines is 1. The summed E-state index contributed by atoms with van der Waals surface area (Å²) < 4.78 is 0. The highest BCUT2D eigenvalue weighted by molar-refractivity contribution is 7.12. The van der Waals surface area contributed by atoms with Crippen molar-refractivity contribution >= 4 is 45.5 Å². The molecular weight excluding hydrogens is 410 g/mol. The monoisotopic (exact) mass is 431 g/mol. The molecule has 0 bridgehead atoms. The normalized spacial score (nSPS) is 11.8. The van der Waals surface area contributed by atoms with Crippen LogP contribution in [0.5, 0.6) is 0 Å². The van der Waals surface area contributed by atoms with Crippen molar-refractivity contribution in [3.8, 4) is 0 Å². The molecule has 7 heteroatoms. The van der Waals surface area contributed by atoms with Crippen molar-refractivity contribution in [3.05, 3.63) is 88.2 Å². The van der Waals surface area contributed by atoms with E-state index in [1.54, 1.807) is 36.4 Å². The maximum absolute atomic E-state index is 13.1. The maximum Gasteiger partial charge on any atom is 0.262 e. The number of benzene rings is 2. The van der Waals surface area contributed by atoms with Crippen LogP contribution in [0, 0.1) is 0 Å². The molecule has 0 saturated carbocycles. The molecule has 2 heterocycles. The van der Waals surface area contributed by atoms with Gasteiger partial charge in [-0.2, -0.15) is 0 Å². The number of aromatic nitrogens is 1. The molecule has 3 N–H and O–H groups in total. The van der Waals surface area contributed by atoms with Crippen molar-refractivity contribution in [1.29, 1.82) is 0 Å². The Bertz CT molecular complexity index is 1230. The summed E-state index contributed by atoms with van der Waals surface area (Å²) in [6.45, 7) is 1.49. The molecule has 0 unspecified atom stereocenters. The average molecular weight is 432 g/mol. The maximum atomic E-state index is 13.1. The number of amides is 2. The van der Waals surface area contributed by atoms with Gasteiger partial charge in [0.15, 0.2) is 5.78 Å². The van der Waals surface area contributed by atoms with Gasteiger partial charge in [0.1, 0.15) is 6.04 Å². The number of H-pyrrole nitrogens is 1. The first-order chi connectivity index (χ1) is 15.0. The number of fused-ring (bicyclic) bond motifs is 1. The van der Waals surface area contributed by atoms with E-state index >= 15 is 0 Å². The number of rotatable bonds is 7. The van der Waals surface area contributed by atoms with E-state index in [0.29, 0.717) is 22.5 Å². The minimum Gasteiger partial charge on any atom is -0.361 e. The third-order valence-electron chi connectivity index (χ3n) is 5.02. The van der Waals surface area contributed by atoms with Crippen LogP contribution in [-0.2, 0) is 11.2 Å². The quantitative estimate of drug-likeness (QED) is 0.379. The largest absolute Gasteiger partial charge is 0.361 e. The van der Waals surface area contributed by atoms with E-state index in [1.165, 1.54) is 18.3 Å².